The maximum absolute atomic E-state index is 13.1. The van der Waals surface area contributed by atoms with Crippen LogP contribution in [-0.4, -0.2) is 25.7 Å². The Bertz CT molecular complexity index is 442. The Morgan fingerprint density at radius 1 is 1.37 bits per heavy atom. The summed E-state index contributed by atoms with van der Waals surface area (Å²) in [6.45, 7) is 9.57. The van der Waals surface area contributed by atoms with Crippen LogP contribution in [0.5, 0.6) is 0 Å². The zero-order valence-electron chi connectivity index (χ0n) is 11.8. The highest BCUT2D eigenvalue weighted by atomic mass is 35.5. The molecule has 2 rings (SSSR count). The molecule has 0 spiro atoms. The SMILES string of the molecule is CC(C)(C)C1CN(c2ccc(F)cc2Cl)CCCN1. The van der Waals surface area contributed by atoms with Crippen molar-refractivity contribution in [3.8, 4) is 0 Å². The van der Waals surface area contributed by atoms with Crippen LogP contribution in [0.3, 0.4) is 0 Å². The van der Waals surface area contributed by atoms with Crippen LogP contribution >= 0.6 is 11.6 Å². The van der Waals surface area contributed by atoms with Gasteiger partial charge in [0, 0.05) is 19.1 Å². The number of rotatable bonds is 1. The summed E-state index contributed by atoms with van der Waals surface area (Å²) in [7, 11) is 0. The van der Waals surface area contributed by atoms with E-state index in [1.54, 1.807) is 6.07 Å². The summed E-state index contributed by atoms with van der Waals surface area (Å²) in [6.07, 6.45) is 1.07. The predicted molar refractivity (Wildman–Crippen MR) is 79.5 cm³/mol. The number of nitrogens with zero attached hydrogens (tertiary/aromatic N) is 1. The van der Waals surface area contributed by atoms with E-state index in [0.29, 0.717) is 11.1 Å². The molecule has 0 radical (unpaired) electrons. The lowest BCUT2D eigenvalue weighted by molar-refractivity contribution is 0.280. The van der Waals surface area contributed by atoms with Crippen LogP contribution < -0.4 is 10.2 Å². The summed E-state index contributed by atoms with van der Waals surface area (Å²) in [4.78, 5) is 2.26. The van der Waals surface area contributed by atoms with Gasteiger partial charge in [-0.15, -0.1) is 0 Å². The molecule has 106 valence electrons. The predicted octanol–water partition coefficient (Wildman–Crippen LogP) is 3.69. The van der Waals surface area contributed by atoms with Gasteiger partial charge in [-0.2, -0.15) is 0 Å². The fourth-order valence-corrected chi connectivity index (χ4v) is 2.75. The summed E-state index contributed by atoms with van der Waals surface area (Å²) in [5.41, 5.74) is 1.12. The Morgan fingerprint density at radius 3 is 2.74 bits per heavy atom. The molecule has 0 amide bonds. The maximum atomic E-state index is 13.1. The van der Waals surface area contributed by atoms with E-state index in [9.17, 15) is 4.39 Å². The molecule has 0 aromatic heterocycles. The van der Waals surface area contributed by atoms with E-state index in [0.717, 1.165) is 31.7 Å². The standard InChI is InChI=1S/C15H22ClFN2/c1-15(2,3)14-10-19(8-4-7-18-14)13-6-5-11(17)9-12(13)16/h5-6,9,14,18H,4,7-8,10H2,1-3H3. The highest BCUT2D eigenvalue weighted by molar-refractivity contribution is 6.33. The van der Waals surface area contributed by atoms with Gasteiger partial charge in [0.1, 0.15) is 5.82 Å². The van der Waals surface area contributed by atoms with Crippen molar-refractivity contribution in [1.29, 1.82) is 0 Å². The van der Waals surface area contributed by atoms with Crippen LogP contribution in [-0.2, 0) is 0 Å². The van der Waals surface area contributed by atoms with E-state index in [2.05, 4.69) is 31.0 Å². The molecule has 1 fully saturated rings. The van der Waals surface area contributed by atoms with Gasteiger partial charge in [0.05, 0.1) is 10.7 Å². The Hall–Kier alpha value is -0.800. The monoisotopic (exact) mass is 284 g/mol. The summed E-state index contributed by atoms with van der Waals surface area (Å²) >= 11 is 6.18. The number of benzene rings is 1. The molecule has 0 aliphatic carbocycles. The second kappa shape index (κ2) is 5.68. The molecular weight excluding hydrogens is 263 g/mol. The van der Waals surface area contributed by atoms with Crippen molar-refractivity contribution in [2.24, 2.45) is 5.41 Å². The van der Waals surface area contributed by atoms with Crippen molar-refractivity contribution in [2.45, 2.75) is 33.2 Å². The van der Waals surface area contributed by atoms with Crippen LogP contribution in [0.1, 0.15) is 27.2 Å². The molecule has 0 saturated carbocycles. The minimum absolute atomic E-state index is 0.190. The lowest BCUT2D eigenvalue weighted by Gasteiger charge is -2.34. The summed E-state index contributed by atoms with van der Waals surface area (Å²) < 4.78 is 13.1. The average molecular weight is 285 g/mol. The van der Waals surface area contributed by atoms with Crippen molar-refractivity contribution >= 4 is 17.3 Å². The van der Waals surface area contributed by atoms with Gasteiger partial charge in [-0.3, -0.25) is 0 Å². The first kappa shape index (κ1) is 14.6. The van der Waals surface area contributed by atoms with E-state index in [1.807, 2.05) is 0 Å². The summed E-state index contributed by atoms with van der Waals surface area (Å²) in [5, 5.41) is 4.09. The molecule has 2 nitrogen and oxygen atoms in total. The number of hydrogen-bond donors (Lipinski definition) is 1. The summed E-state index contributed by atoms with van der Waals surface area (Å²) in [5.74, 6) is -0.283. The maximum Gasteiger partial charge on any atom is 0.124 e. The molecule has 1 heterocycles. The van der Waals surface area contributed by atoms with E-state index in [4.69, 9.17) is 11.6 Å². The molecule has 1 aromatic rings. The van der Waals surface area contributed by atoms with Crippen LogP contribution in [0.2, 0.25) is 5.02 Å². The van der Waals surface area contributed by atoms with Crippen molar-refractivity contribution in [3.05, 3.63) is 29.0 Å². The second-order valence-corrected chi connectivity index (χ2v) is 6.68. The molecule has 1 aliphatic heterocycles. The molecule has 1 atom stereocenters. The van der Waals surface area contributed by atoms with Gasteiger partial charge in [-0.05, 0) is 36.6 Å². The quantitative estimate of drug-likeness (QED) is 0.846. The zero-order chi connectivity index (χ0) is 14.0. The third-order valence-corrected chi connectivity index (χ3v) is 4.00. The highest BCUT2D eigenvalue weighted by Gasteiger charge is 2.28. The topological polar surface area (TPSA) is 15.3 Å². The van der Waals surface area contributed by atoms with Crippen LogP contribution in [0.4, 0.5) is 10.1 Å². The first-order chi connectivity index (χ1) is 8.88. The van der Waals surface area contributed by atoms with E-state index >= 15 is 0 Å². The molecular formula is C15H22ClFN2. The zero-order valence-corrected chi connectivity index (χ0v) is 12.6. The third kappa shape index (κ3) is 3.61. The Labute approximate surface area is 119 Å². The molecule has 19 heavy (non-hydrogen) atoms. The van der Waals surface area contributed by atoms with E-state index in [-0.39, 0.29) is 11.2 Å². The van der Waals surface area contributed by atoms with E-state index < -0.39 is 0 Å². The number of halogens is 2. The van der Waals surface area contributed by atoms with Crippen LogP contribution in [0.15, 0.2) is 18.2 Å². The molecule has 1 unspecified atom stereocenters. The second-order valence-electron chi connectivity index (χ2n) is 6.27. The van der Waals surface area contributed by atoms with Gasteiger partial charge >= 0.3 is 0 Å². The number of hydrogen-bond acceptors (Lipinski definition) is 2. The van der Waals surface area contributed by atoms with Crippen molar-refractivity contribution in [2.75, 3.05) is 24.5 Å². The fourth-order valence-electron chi connectivity index (χ4n) is 2.46. The molecule has 1 aliphatic rings. The van der Waals surface area contributed by atoms with Crippen molar-refractivity contribution in [3.63, 3.8) is 0 Å². The van der Waals surface area contributed by atoms with Gasteiger partial charge in [0.2, 0.25) is 0 Å². The van der Waals surface area contributed by atoms with Crippen molar-refractivity contribution < 1.29 is 4.39 Å². The third-order valence-electron chi connectivity index (χ3n) is 3.69. The lowest BCUT2D eigenvalue weighted by atomic mass is 9.86. The molecule has 0 bridgehead atoms. The Balaban J connectivity index is 2.22. The first-order valence-electron chi connectivity index (χ1n) is 6.81. The molecule has 1 saturated heterocycles. The summed E-state index contributed by atoms with van der Waals surface area (Å²) in [6, 6.07) is 5.05. The van der Waals surface area contributed by atoms with Gasteiger partial charge < -0.3 is 10.2 Å². The minimum Gasteiger partial charge on any atom is -0.369 e. The average Bonchev–Trinajstić information content (AvgIpc) is 2.54. The molecule has 1 N–H and O–H groups in total. The van der Waals surface area contributed by atoms with Gasteiger partial charge in [0.25, 0.3) is 0 Å². The van der Waals surface area contributed by atoms with Crippen LogP contribution in [0, 0.1) is 11.2 Å². The van der Waals surface area contributed by atoms with Gasteiger partial charge in [-0.1, -0.05) is 32.4 Å². The highest BCUT2D eigenvalue weighted by Crippen LogP contribution is 2.30. The smallest absolute Gasteiger partial charge is 0.124 e. The molecule has 4 heteroatoms. The van der Waals surface area contributed by atoms with Crippen molar-refractivity contribution in [1.82, 2.24) is 5.32 Å². The Kier molecular flexibility index (Phi) is 4.36. The minimum atomic E-state index is -0.283. The largest absolute Gasteiger partial charge is 0.369 e. The van der Waals surface area contributed by atoms with E-state index in [1.165, 1.54) is 12.1 Å². The normalized spacial score (nSPS) is 21.3. The fraction of sp³-hybridized carbons (Fsp3) is 0.600. The Morgan fingerprint density at radius 2 is 2.11 bits per heavy atom. The number of anilines is 1. The van der Waals surface area contributed by atoms with Crippen LogP contribution in [0.25, 0.3) is 0 Å². The molecule has 1 aromatic carbocycles. The van der Waals surface area contributed by atoms with Gasteiger partial charge in [-0.25, -0.2) is 4.39 Å². The van der Waals surface area contributed by atoms with Gasteiger partial charge in [0.15, 0.2) is 0 Å². The lowest BCUT2D eigenvalue weighted by Crippen LogP contribution is -2.46. The number of nitrogens with one attached hydrogen (secondary N) is 1. The first-order valence-corrected chi connectivity index (χ1v) is 7.19.